The highest BCUT2D eigenvalue weighted by atomic mass is 35.5. The van der Waals surface area contributed by atoms with Gasteiger partial charge in [0, 0.05) is 54.9 Å². The largest absolute Gasteiger partial charge is 0.385 e. The molecule has 0 radical (unpaired) electrons. The Hall–Kier alpha value is -2.04. The standard InChI is InChI=1S/C26H34ClN3O/c1-19(2)30-23-12-13-24(30)18-29(17-21-5-3-4-6-25(21)28-16-15-23)26(31)14-9-20-7-10-22(27)11-8-20/h3-8,10-11,19,23-24,28H,9,12-18H2,1-2H3/t23-,24+/m1/s1. The van der Waals surface area contributed by atoms with Gasteiger partial charge in [0.05, 0.1) is 0 Å². The second-order valence-corrected chi connectivity index (χ2v) is 9.64. The average Bonchev–Trinajstić information content (AvgIpc) is 3.14. The maximum atomic E-state index is 13.4. The summed E-state index contributed by atoms with van der Waals surface area (Å²) in [5.74, 6) is 0.233. The topological polar surface area (TPSA) is 35.6 Å². The summed E-state index contributed by atoms with van der Waals surface area (Å²) in [6.07, 6.45) is 4.81. The van der Waals surface area contributed by atoms with Gasteiger partial charge in [-0.1, -0.05) is 41.9 Å². The van der Waals surface area contributed by atoms with E-state index in [1.54, 1.807) is 0 Å². The molecule has 0 spiro atoms. The fourth-order valence-corrected chi connectivity index (χ4v) is 5.41. The van der Waals surface area contributed by atoms with Crippen LogP contribution in [-0.4, -0.2) is 46.9 Å². The number of carbonyl (C=O) groups excluding carboxylic acids is 1. The van der Waals surface area contributed by atoms with Gasteiger partial charge in [-0.3, -0.25) is 9.69 Å². The van der Waals surface area contributed by atoms with E-state index in [4.69, 9.17) is 11.6 Å². The van der Waals surface area contributed by atoms with Crippen molar-refractivity contribution in [1.29, 1.82) is 0 Å². The summed E-state index contributed by atoms with van der Waals surface area (Å²) < 4.78 is 0. The van der Waals surface area contributed by atoms with Crippen LogP contribution in [0.5, 0.6) is 0 Å². The molecule has 4 nitrogen and oxygen atoms in total. The third-order valence-electron chi connectivity index (χ3n) is 6.77. The van der Waals surface area contributed by atoms with Gasteiger partial charge < -0.3 is 10.2 Å². The highest BCUT2D eigenvalue weighted by Gasteiger charge is 2.36. The maximum Gasteiger partial charge on any atom is 0.223 e. The molecule has 2 aromatic carbocycles. The van der Waals surface area contributed by atoms with Crippen molar-refractivity contribution in [2.24, 2.45) is 0 Å². The van der Waals surface area contributed by atoms with E-state index in [9.17, 15) is 4.79 Å². The van der Waals surface area contributed by atoms with Crippen molar-refractivity contribution in [3.05, 3.63) is 64.7 Å². The van der Waals surface area contributed by atoms with Crippen LogP contribution in [0.1, 0.15) is 50.7 Å². The number of anilines is 1. The van der Waals surface area contributed by atoms with Crippen LogP contribution in [0.4, 0.5) is 5.69 Å². The minimum Gasteiger partial charge on any atom is -0.385 e. The first-order chi connectivity index (χ1) is 15.0. The Morgan fingerprint density at radius 3 is 2.58 bits per heavy atom. The molecule has 2 atom stereocenters. The zero-order valence-electron chi connectivity index (χ0n) is 18.7. The number of nitrogens with zero attached hydrogens (tertiary/aromatic N) is 2. The van der Waals surface area contributed by atoms with Crippen LogP contribution in [0, 0.1) is 0 Å². The van der Waals surface area contributed by atoms with Crippen molar-refractivity contribution >= 4 is 23.2 Å². The van der Waals surface area contributed by atoms with Crippen molar-refractivity contribution in [3.8, 4) is 0 Å². The Labute approximate surface area is 191 Å². The third kappa shape index (κ3) is 5.42. The lowest BCUT2D eigenvalue weighted by atomic mass is 10.1. The molecule has 2 aliphatic rings. The van der Waals surface area contributed by atoms with Gasteiger partial charge >= 0.3 is 0 Å². The van der Waals surface area contributed by atoms with E-state index in [0.717, 1.165) is 42.2 Å². The highest BCUT2D eigenvalue weighted by molar-refractivity contribution is 6.30. The van der Waals surface area contributed by atoms with Gasteiger partial charge in [0.1, 0.15) is 0 Å². The Kier molecular flexibility index (Phi) is 7.19. The number of rotatable bonds is 4. The van der Waals surface area contributed by atoms with Gasteiger partial charge in [-0.2, -0.15) is 0 Å². The fraction of sp³-hybridized carbons (Fsp3) is 0.500. The number of amides is 1. The van der Waals surface area contributed by atoms with E-state index in [1.165, 1.54) is 18.4 Å². The Bertz CT molecular complexity index is 882. The van der Waals surface area contributed by atoms with Crippen LogP contribution < -0.4 is 5.32 Å². The molecule has 1 fully saturated rings. The summed E-state index contributed by atoms with van der Waals surface area (Å²) >= 11 is 6.01. The monoisotopic (exact) mass is 439 g/mol. The van der Waals surface area contributed by atoms with Crippen molar-refractivity contribution in [2.75, 3.05) is 18.4 Å². The Morgan fingerprint density at radius 2 is 1.81 bits per heavy atom. The predicted octanol–water partition coefficient (Wildman–Crippen LogP) is 5.36. The van der Waals surface area contributed by atoms with E-state index in [1.807, 2.05) is 24.3 Å². The maximum absolute atomic E-state index is 13.4. The van der Waals surface area contributed by atoms with Gasteiger partial charge in [-0.25, -0.2) is 0 Å². The van der Waals surface area contributed by atoms with Crippen LogP contribution in [-0.2, 0) is 17.8 Å². The molecule has 1 saturated heterocycles. The minimum atomic E-state index is 0.233. The number of carbonyl (C=O) groups is 1. The molecule has 4 rings (SSSR count). The predicted molar refractivity (Wildman–Crippen MR) is 129 cm³/mol. The lowest BCUT2D eigenvalue weighted by molar-refractivity contribution is -0.132. The molecule has 2 bridgehead atoms. The third-order valence-corrected chi connectivity index (χ3v) is 7.02. The molecule has 2 aromatic rings. The van der Waals surface area contributed by atoms with Crippen LogP contribution in [0.15, 0.2) is 48.5 Å². The summed E-state index contributed by atoms with van der Waals surface area (Å²) in [6.45, 7) is 7.03. The SMILES string of the molecule is CC(C)N1[C@H]2CCNc3ccccc3CN(C(=O)CCc3ccc(Cl)cc3)C[C@@H]1CC2. The first kappa shape index (κ1) is 22.2. The molecule has 0 saturated carbocycles. The van der Waals surface area contributed by atoms with E-state index < -0.39 is 0 Å². The van der Waals surface area contributed by atoms with Crippen LogP contribution >= 0.6 is 11.6 Å². The van der Waals surface area contributed by atoms with Crippen molar-refractivity contribution in [3.63, 3.8) is 0 Å². The highest BCUT2D eigenvalue weighted by Crippen LogP contribution is 2.31. The molecule has 0 unspecified atom stereocenters. The first-order valence-corrected chi connectivity index (χ1v) is 12.0. The van der Waals surface area contributed by atoms with Crippen molar-refractivity contribution in [2.45, 2.75) is 70.6 Å². The molecule has 0 aliphatic carbocycles. The number of hydrogen-bond donors (Lipinski definition) is 1. The zero-order valence-corrected chi connectivity index (χ0v) is 19.4. The van der Waals surface area contributed by atoms with Crippen molar-refractivity contribution in [1.82, 2.24) is 9.80 Å². The van der Waals surface area contributed by atoms with E-state index >= 15 is 0 Å². The number of hydrogen-bond acceptors (Lipinski definition) is 3. The summed E-state index contributed by atoms with van der Waals surface area (Å²) in [5, 5.41) is 4.38. The van der Waals surface area contributed by atoms with E-state index in [-0.39, 0.29) is 5.91 Å². The second-order valence-electron chi connectivity index (χ2n) is 9.20. The molecular formula is C26H34ClN3O. The lowest BCUT2D eigenvalue weighted by Crippen LogP contribution is -2.48. The Morgan fingerprint density at radius 1 is 1.06 bits per heavy atom. The number of halogens is 1. The molecular weight excluding hydrogens is 406 g/mol. The molecule has 2 heterocycles. The molecule has 0 aromatic heterocycles. The molecule has 1 amide bonds. The first-order valence-electron chi connectivity index (χ1n) is 11.6. The minimum absolute atomic E-state index is 0.233. The van der Waals surface area contributed by atoms with E-state index in [2.05, 4.69) is 53.2 Å². The van der Waals surface area contributed by atoms with Gasteiger partial charge in [0.2, 0.25) is 5.91 Å². The number of fused-ring (bicyclic) bond motifs is 3. The normalized spacial score (nSPS) is 22.0. The fourth-order valence-electron chi connectivity index (χ4n) is 5.28. The van der Waals surface area contributed by atoms with Gasteiger partial charge in [0.25, 0.3) is 0 Å². The number of aryl methyl sites for hydroxylation is 1. The van der Waals surface area contributed by atoms with Crippen LogP contribution in [0.3, 0.4) is 0 Å². The number of nitrogens with one attached hydrogen (secondary N) is 1. The van der Waals surface area contributed by atoms with E-state index in [0.29, 0.717) is 31.1 Å². The van der Waals surface area contributed by atoms with Crippen LogP contribution in [0.2, 0.25) is 5.02 Å². The number of para-hydroxylation sites is 1. The molecule has 2 aliphatic heterocycles. The lowest BCUT2D eigenvalue weighted by Gasteiger charge is -2.36. The molecule has 166 valence electrons. The average molecular weight is 440 g/mol. The Balaban J connectivity index is 1.55. The van der Waals surface area contributed by atoms with Gasteiger partial charge in [-0.05, 0) is 68.9 Å². The summed E-state index contributed by atoms with van der Waals surface area (Å²) in [5.41, 5.74) is 3.52. The van der Waals surface area contributed by atoms with Crippen molar-refractivity contribution < 1.29 is 4.79 Å². The summed E-state index contributed by atoms with van der Waals surface area (Å²) in [7, 11) is 0. The molecule has 31 heavy (non-hydrogen) atoms. The van der Waals surface area contributed by atoms with Gasteiger partial charge in [0.15, 0.2) is 0 Å². The smallest absolute Gasteiger partial charge is 0.223 e. The van der Waals surface area contributed by atoms with Gasteiger partial charge in [-0.15, -0.1) is 0 Å². The zero-order chi connectivity index (χ0) is 21.8. The molecule has 1 N–H and O–H groups in total. The quantitative estimate of drug-likeness (QED) is 0.696. The van der Waals surface area contributed by atoms with Crippen LogP contribution in [0.25, 0.3) is 0 Å². The number of benzene rings is 2. The second kappa shape index (κ2) is 10.1. The molecule has 5 heteroatoms. The summed E-state index contributed by atoms with van der Waals surface area (Å²) in [4.78, 5) is 18.2. The summed E-state index contributed by atoms with van der Waals surface area (Å²) in [6, 6.07) is 17.8.